The molecule has 0 aliphatic rings. The molecule has 7 heteroatoms. The van der Waals surface area contributed by atoms with Crippen molar-refractivity contribution in [1.82, 2.24) is 0 Å². The highest BCUT2D eigenvalue weighted by molar-refractivity contribution is 14.1. The summed E-state index contributed by atoms with van der Waals surface area (Å²) in [5.41, 5.74) is 0.721. The second kappa shape index (κ2) is 7.20. The first-order chi connectivity index (χ1) is 8.91. The summed E-state index contributed by atoms with van der Waals surface area (Å²) in [7, 11) is -3.95. The van der Waals surface area contributed by atoms with Crippen LogP contribution in [0.2, 0.25) is 0 Å². The number of sulfonamides is 1. The van der Waals surface area contributed by atoms with Gasteiger partial charge in [-0.2, -0.15) is 0 Å². The summed E-state index contributed by atoms with van der Waals surface area (Å²) in [5, 5.41) is 5.15. The minimum Gasteiger partial charge on any atom is -0.451 e. The smallest absolute Gasteiger partial charge is 0.340 e. The summed E-state index contributed by atoms with van der Waals surface area (Å²) in [5.74, 6) is -0.648. The van der Waals surface area contributed by atoms with Gasteiger partial charge in [-0.3, -0.25) is 0 Å². The number of halogens is 1. The molecule has 1 rings (SSSR count). The molecule has 0 saturated carbocycles. The van der Waals surface area contributed by atoms with Gasteiger partial charge in [-0.15, -0.1) is 0 Å². The largest absolute Gasteiger partial charge is 0.451 e. The Labute approximate surface area is 126 Å². The highest BCUT2D eigenvalue weighted by atomic mass is 127. The van der Waals surface area contributed by atoms with E-state index in [0.717, 1.165) is 12.8 Å². The molecule has 0 aliphatic heterocycles. The van der Waals surface area contributed by atoms with Gasteiger partial charge in [-0.05, 0) is 47.1 Å². The van der Waals surface area contributed by atoms with Gasteiger partial charge in [-0.25, -0.2) is 18.4 Å². The molecule has 0 unspecified atom stereocenters. The van der Waals surface area contributed by atoms with E-state index in [2.05, 4.69) is 0 Å². The average molecular weight is 397 g/mol. The maximum Gasteiger partial charge on any atom is 0.340 e. The third kappa shape index (κ3) is 4.43. The van der Waals surface area contributed by atoms with Gasteiger partial charge in [0.1, 0.15) is 4.61 Å². The highest BCUT2D eigenvalue weighted by Crippen LogP contribution is 2.22. The second-order valence-corrected chi connectivity index (χ2v) is 6.13. The van der Waals surface area contributed by atoms with Crippen LogP contribution < -0.4 is 5.14 Å². The molecule has 106 valence electrons. The molecular formula is C12H16INO4S. The Hall–Kier alpha value is -0.670. The minimum atomic E-state index is -3.95. The predicted molar refractivity (Wildman–Crippen MR) is 80.7 cm³/mol. The van der Waals surface area contributed by atoms with E-state index in [0.29, 0.717) is 12.0 Å². The maximum atomic E-state index is 11.9. The van der Waals surface area contributed by atoms with E-state index >= 15 is 0 Å². The number of unbranched alkanes of at least 4 members (excludes halogenated alkanes) is 1. The fourth-order valence-electron chi connectivity index (χ4n) is 1.74. The zero-order valence-electron chi connectivity index (χ0n) is 10.6. The number of alkyl halides is 1. The Bertz CT molecular complexity index is 557. The Balaban J connectivity index is 3.36. The Kier molecular flexibility index (Phi) is 6.21. The van der Waals surface area contributed by atoms with Crippen LogP contribution >= 0.6 is 22.6 Å². The van der Waals surface area contributed by atoms with E-state index in [1.165, 1.54) is 6.07 Å². The SMILES string of the molecule is CCCCc1cccc(S(N)(=O)=O)c1C(=O)OCI. The lowest BCUT2D eigenvalue weighted by atomic mass is 10.0. The Morgan fingerprint density at radius 1 is 1.42 bits per heavy atom. The fraction of sp³-hybridized carbons (Fsp3) is 0.417. The van der Waals surface area contributed by atoms with Crippen molar-refractivity contribution in [3.8, 4) is 0 Å². The molecule has 5 nitrogen and oxygen atoms in total. The van der Waals surface area contributed by atoms with Crippen molar-refractivity contribution in [2.75, 3.05) is 4.61 Å². The van der Waals surface area contributed by atoms with Crippen molar-refractivity contribution >= 4 is 38.6 Å². The van der Waals surface area contributed by atoms with E-state index in [1.807, 2.05) is 29.5 Å². The van der Waals surface area contributed by atoms with Crippen molar-refractivity contribution in [3.05, 3.63) is 29.3 Å². The van der Waals surface area contributed by atoms with Crippen LogP contribution in [-0.4, -0.2) is 19.0 Å². The van der Waals surface area contributed by atoms with Gasteiger partial charge in [0.25, 0.3) is 0 Å². The number of ether oxygens (including phenoxy) is 1. The van der Waals surface area contributed by atoms with Crippen molar-refractivity contribution in [3.63, 3.8) is 0 Å². The lowest BCUT2D eigenvalue weighted by molar-refractivity contribution is 0.0584. The second-order valence-electron chi connectivity index (χ2n) is 3.98. The molecule has 0 aliphatic carbocycles. The van der Waals surface area contributed by atoms with Crippen LogP contribution in [0.4, 0.5) is 0 Å². The van der Waals surface area contributed by atoms with Crippen LogP contribution in [0.1, 0.15) is 35.7 Å². The summed E-state index contributed by atoms with van der Waals surface area (Å²) in [6.45, 7) is 2.02. The van der Waals surface area contributed by atoms with Crippen molar-refractivity contribution in [2.45, 2.75) is 31.1 Å². The summed E-state index contributed by atoms with van der Waals surface area (Å²) in [6, 6.07) is 4.65. The number of aryl methyl sites for hydroxylation is 1. The minimum absolute atomic E-state index is 0.0649. The van der Waals surface area contributed by atoms with Crippen LogP contribution in [0.3, 0.4) is 0 Å². The number of nitrogens with two attached hydrogens (primary N) is 1. The number of primary sulfonamides is 1. The lowest BCUT2D eigenvalue weighted by Crippen LogP contribution is -2.19. The Morgan fingerprint density at radius 3 is 2.63 bits per heavy atom. The first-order valence-electron chi connectivity index (χ1n) is 5.79. The fourth-order valence-corrected chi connectivity index (χ4v) is 2.79. The molecule has 0 spiro atoms. The quantitative estimate of drug-likeness (QED) is 0.453. The lowest BCUT2D eigenvalue weighted by Gasteiger charge is -2.12. The standard InChI is InChI=1S/C12H16INO4S/c1-2-3-5-9-6-4-7-10(19(14,16)17)11(9)12(15)18-8-13/h4,6-7H,2-3,5,8H2,1H3,(H2,14,16,17). The van der Waals surface area contributed by atoms with Gasteiger partial charge in [0.15, 0.2) is 0 Å². The Morgan fingerprint density at radius 2 is 2.11 bits per heavy atom. The molecule has 2 N–H and O–H groups in total. The van der Waals surface area contributed by atoms with Gasteiger partial charge in [0.05, 0.1) is 10.5 Å². The van der Waals surface area contributed by atoms with Gasteiger partial charge in [-0.1, -0.05) is 25.5 Å². The molecule has 0 fully saturated rings. The van der Waals surface area contributed by atoms with Crippen LogP contribution in [-0.2, 0) is 21.2 Å². The maximum absolute atomic E-state index is 11.9. The zero-order valence-corrected chi connectivity index (χ0v) is 13.5. The molecule has 19 heavy (non-hydrogen) atoms. The topological polar surface area (TPSA) is 86.5 Å². The van der Waals surface area contributed by atoms with Crippen molar-refractivity contribution in [2.24, 2.45) is 5.14 Å². The number of carbonyl (C=O) groups excluding carboxylic acids is 1. The monoisotopic (exact) mass is 397 g/mol. The zero-order chi connectivity index (χ0) is 14.5. The number of rotatable bonds is 6. The number of hydrogen-bond donors (Lipinski definition) is 1. The first kappa shape index (κ1) is 16.4. The molecule has 0 aromatic heterocycles. The van der Waals surface area contributed by atoms with Gasteiger partial charge >= 0.3 is 5.97 Å². The molecule has 0 saturated heterocycles. The van der Waals surface area contributed by atoms with E-state index in [-0.39, 0.29) is 15.1 Å². The van der Waals surface area contributed by atoms with Crippen LogP contribution in [0.15, 0.2) is 23.1 Å². The first-order valence-corrected chi connectivity index (χ1v) is 8.86. The molecule has 0 radical (unpaired) electrons. The summed E-state index contributed by atoms with van der Waals surface area (Å²) in [4.78, 5) is 11.8. The van der Waals surface area contributed by atoms with Crippen LogP contribution in [0.5, 0.6) is 0 Å². The molecular weight excluding hydrogens is 381 g/mol. The number of hydrogen-bond acceptors (Lipinski definition) is 4. The van der Waals surface area contributed by atoms with Gasteiger partial charge < -0.3 is 4.74 Å². The summed E-state index contributed by atoms with van der Waals surface area (Å²) >= 11 is 1.88. The molecule has 0 heterocycles. The number of benzene rings is 1. The van der Waals surface area contributed by atoms with Crippen LogP contribution in [0.25, 0.3) is 0 Å². The van der Waals surface area contributed by atoms with E-state index in [1.54, 1.807) is 12.1 Å². The number of esters is 1. The predicted octanol–water partition coefficient (Wildman–Crippen LogP) is 2.23. The molecule has 1 aromatic carbocycles. The summed E-state index contributed by atoms with van der Waals surface area (Å²) < 4.78 is 28.2. The van der Waals surface area contributed by atoms with E-state index in [9.17, 15) is 13.2 Å². The van der Waals surface area contributed by atoms with E-state index in [4.69, 9.17) is 9.88 Å². The molecule has 0 atom stereocenters. The molecule has 1 aromatic rings. The van der Waals surface area contributed by atoms with Crippen molar-refractivity contribution < 1.29 is 17.9 Å². The van der Waals surface area contributed by atoms with Crippen molar-refractivity contribution in [1.29, 1.82) is 0 Å². The number of carbonyl (C=O) groups is 1. The van der Waals surface area contributed by atoms with Gasteiger partial charge in [0, 0.05) is 0 Å². The van der Waals surface area contributed by atoms with Crippen LogP contribution in [0, 0.1) is 0 Å². The third-order valence-electron chi connectivity index (χ3n) is 2.61. The average Bonchev–Trinajstić information content (AvgIpc) is 2.35. The highest BCUT2D eigenvalue weighted by Gasteiger charge is 2.23. The summed E-state index contributed by atoms with van der Waals surface area (Å²) in [6.07, 6.45) is 2.42. The normalized spacial score (nSPS) is 11.3. The third-order valence-corrected chi connectivity index (χ3v) is 3.87. The van der Waals surface area contributed by atoms with Gasteiger partial charge in [0.2, 0.25) is 10.0 Å². The molecule has 0 bridgehead atoms. The molecule has 0 amide bonds. The van der Waals surface area contributed by atoms with E-state index < -0.39 is 16.0 Å².